The number of carbonyl (C=O) groups excluding carboxylic acids is 4. The largest absolute Gasteiger partial charge is 0.344 e. The van der Waals surface area contributed by atoms with Gasteiger partial charge >= 0.3 is 5.96 Å². The lowest BCUT2D eigenvalue weighted by Gasteiger charge is -2.25. The molecule has 8 N–H and O–H groups in total. The molecule has 0 aliphatic heterocycles. The monoisotopic (exact) mass is 543 g/mol. The van der Waals surface area contributed by atoms with Crippen LogP contribution in [0.2, 0.25) is 0 Å². The van der Waals surface area contributed by atoms with Crippen LogP contribution in [0.4, 0.5) is 0 Å². The van der Waals surface area contributed by atoms with Gasteiger partial charge in [-0.3, -0.25) is 35.6 Å². The van der Waals surface area contributed by atoms with Gasteiger partial charge in [-0.05, 0) is 24.0 Å². The molecule has 0 aliphatic carbocycles. The van der Waals surface area contributed by atoms with Crippen molar-refractivity contribution in [3.8, 4) is 0 Å². The highest BCUT2D eigenvalue weighted by atomic mass is 35.5. The number of guanidine groups is 1. The van der Waals surface area contributed by atoms with Crippen molar-refractivity contribution in [1.29, 1.82) is 0 Å². The molecule has 3 amide bonds. The highest BCUT2D eigenvalue weighted by molar-refractivity contribution is 6.28. The SMILES string of the molecule is CC(=O)N[C@H](Cc1ccccc1)C(=O)N[C@@H](Cc1ccccc1)C(=O)N[C@@H](CCC[NH+]=C(N)N)C(=O)CCl. The summed E-state index contributed by atoms with van der Waals surface area (Å²) >= 11 is 5.78. The van der Waals surface area contributed by atoms with Gasteiger partial charge in [0.05, 0.1) is 18.5 Å². The predicted molar refractivity (Wildman–Crippen MR) is 146 cm³/mol. The molecule has 2 aromatic rings. The average molecular weight is 544 g/mol. The molecule has 0 saturated heterocycles. The van der Waals surface area contributed by atoms with E-state index in [1.54, 1.807) is 0 Å². The third-order valence-corrected chi connectivity index (χ3v) is 5.99. The Morgan fingerprint density at radius 2 is 1.26 bits per heavy atom. The molecule has 0 radical (unpaired) electrons. The Balaban J connectivity index is 2.22. The second-order valence-corrected chi connectivity index (χ2v) is 9.15. The first-order valence-corrected chi connectivity index (χ1v) is 12.9. The summed E-state index contributed by atoms with van der Waals surface area (Å²) in [5.41, 5.74) is 12.5. The highest BCUT2D eigenvalue weighted by Crippen LogP contribution is 2.08. The minimum atomic E-state index is -1.01. The highest BCUT2D eigenvalue weighted by Gasteiger charge is 2.29. The van der Waals surface area contributed by atoms with Gasteiger partial charge in [0.25, 0.3) is 0 Å². The van der Waals surface area contributed by atoms with Gasteiger partial charge in [0.15, 0.2) is 5.78 Å². The van der Waals surface area contributed by atoms with Crippen LogP contribution >= 0.6 is 11.6 Å². The number of nitrogens with two attached hydrogens (primary N) is 2. The van der Waals surface area contributed by atoms with E-state index in [-0.39, 0.29) is 36.4 Å². The van der Waals surface area contributed by atoms with E-state index in [2.05, 4.69) is 20.9 Å². The first-order valence-electron chi connectivity index (χ1n) is 12.4. The molecule has 0 unspecified atom stereocenters. The quantitative estimate of drug-likeness (QED) is 0.0719. The van der Waals surface area contributed by atoms with Gasteiger partial charge in [-0.15, -0.1) is 11.6 Å². The molecule has 2 aromatic carbocycles. The Kier molecular flexibility index (Phi) is 12.8. The number of nitrogens with one attached hydrogen (secondary N) is 4. The topological polar surface area (TPSA) is 170 Å². The maximum absolute atomic E-state index is 13.4. The zero-order chi connectivity index (χ0) is 27.9. The molecule has 0 aromatic heterocycles. The molecule has 3 atom stereocenters. The van der Waals surface area contributed by atoms with Crippen LogP contribution in [0, 0.1) is 0 Å². The van der Waals surface area contributed by atoms with Gasteiger partial charge in [-0.2, -0.15) is 0 Å². The van der Waals surface area contributed by atoms with E-state index >= 15 is 0 Å². The fourth-order valence-electron chi connectivity index (χ4n) is 3.85. The van der Waals surface area contributed by atoms with E-state index in [0.717, 1.165) is 11.1 Å². The van der Waals surface area contributed by atoms with Crippen molar-refractivity contribution in [2.45, 2.75) is 50.7 Å². The number of Topliss-reactive ketones (excluding diaryl/α,β-unsaturated/α-hetero) is 1. The number of amides is 3. The molecular weight excluding hydrogens is 508 g/mol. The molecule has 204 valence electrons. The number of halogens is 1. The zero-order valence-electron chi connectivity index (χ0n) is 21.4. The molecular formula is C27H36ClN6O4+. The molecule has 38 heavy (non-hydrogen) atoms. The molecule has 0 saturated carbocycles. The van der Waals surface area contributed by atoms with E-state index < -0.39 is 29.9 Å². The first kappa shape index (κ1) is 30.3. The van der Waals surface area contributed by atoms with Crippen molar-refractivity contribution in [2.24, 2.45) is 11.5 Å². The first-order chi connectivity index (χ1) is 18.2. The van der Waals surface area contributed by atoms with Crippen molar-refractivity contribution in [1.82, 2.24) is 16.0 Å². The number of alkyl halides is 1. The van der Waals surface area contributed by atoms with Crippen LogP contribution in [-0.2, 0) is 32.0 Å². The van der Waals surface area contributed by atoms with E-state index in [0.29, 0.717) is 19.4 Å². The molecule has 0 spiro atoms. The minimum Gasteiger partial charge on any atom is -0.344 e. The molecule has 0 bridgehead atoms. The Morgan fingerprint density at radius 3 is 1.71 bits per heavy atom. The van der Waals surface area contributed by atoms with Crippen molar-refractivity contribution in [3.63, 3.8) is 0 Å². The van der Waals surface area contributed by atoms with Gasteiger partial charge in [-0.1, -0.05) is 60.7 Å². The zero-order valence-corrected chi connectivity index (χ0v) is 22.2. The molecule has 11 heteroatoms. The summed E-state index contributed by atoms with van der Waals surface area (Å²) in [7, 11) is 0. The lowest BCUT2D eigenvalue weighted by Crippen LogP contribution is -2.78. The Labute approximate surface area is 227 Å². The predicted octanol–water partition coefficient (Wildman–Crippen LogP) is -1.11. The lowest BCUT2D eigenvalue weighted by molar-refractivity contribution is -0.459. The maximum Gasteiger partial charge on any atom is 0.338 e. The summed E-state index contributed by atoms with van der Waals surface area (Å²) in [6.45, 7) is 1.74. The minimum absolute atomic E-state index is 0.0594. The maximum atomic E-state index is 13.4. The van der Waals surface area contributed by atoms with Gasteiger partial charge < -0.3 is 16.0 Å². The molecule has 0 heterocycles. The van der Waals surface area contributed by atoms with E-state index in [1.807, 2.05) is 60.7 Å². The van der Waals surface area contributed by atoms with Crippen LogP contribution in [0.3, 0.4) is 0 Å². The lowest BCUT2D eigenvalue weighted by atomic mass is 10.0. The fraction of sp³-hybridized carbons (Fsp3) is 0.370. The molecule has 2 rings (SSSR count). The Morgan fingerprint density at radius 1 is 0.789 bits per heavy atom. The Bertz CT molecular complexity index is 1090. The van der Waals surface area contributed by atoms with Crippen LogP contribution in [0.1, 0.15) is 30.9 Å². The van der Waals surface area contributed by atoms with Crippen LogP contribution < -0.4 is 32.4 Å². The van der Waals surface area contributed by atoms with Gasteiger partial charge in [0, 0.05) is 19.8 Å². The summed E-state index contributed by atoms with van der Waals surface area (Å²) in [6, 6.07) is 15.7. The van der Waals surface area contributed by atoms with Crippen LogP contribution in [0.25, 0.3) is 0 Å². The standard InChI is InChI=1S/C27H35ClN6O4/c1-18(35)32-22(15-19-9-4-2-5-10-19)25(37)34-23(16-20-11-6-3-7-12-20)26(38)33-21(24(36)17-28)13-8-14-31-27(29)30/h2-7,9-12,21-23H,8,13-17H2,1H3,(H,32,35)(H,33,38)(H,34,37)(H4,29,30,31)/p+1/t21-,22+,23-/m0/s1. The van der Waals surface area contributed by atoms with Gasteiger partial charge in [0.1, 0.15) is 12.1 Å². The molecule has 0 fully saturated rings. The third-order valence-electron chi connectivity index (χ3n) is 5.73. The van der Waals surface area contributed by atoms with E-state index in [9.17, 15) is 19.2 Å². The second-order valence-electron chi connectivity index (χ2n) is 8.88. The number of ketones is 1. The van der Waals surface area contributed by atoms with Crippen molar-refractivity contribution >= 4 is 41.1 Å². The van der Waals surface area contributed by atoms with Crippen LogP contribution in [0.15, 0.2) is 60.7 Å². The smallest absolute Gasteiger partial charge is 0.338 e. The van der Waals surface area contributed by atoms with Crippen LogP contribution in [-0.4, -0.2) is 60.0 Å². The normalized spacial score (nSPS) is 12.9. The van der Waals surface area contributed by atoms with Crippen molar-refractivity contribution in [2.75, 3.05) is 12.4 Å². The molecule has 10 nitrogen and oxygen atoms in total. The average Bonchev–Trinajstić information content (AvgIpc) is 2.89. The van der Waals surface area contributed by atoms with Gasteiger partial charge in [0.2, 0.25) is 17.7 Å². The fourth-order valence-corrected chi connectivity index (χ4v) is 4.04. The van der Waals surface area contributed by atoms with E-state index in [1.165, 1.54) is 6.92 Å². The number of carbonyl (C=O) groups is 4. The number of benzene rings is 2. The Hall–Kier alpha value is -3.92. The third kappa shape index (κ3) is 11.0. The van der Waals surface area contributed by atoms with Crippen LogP contribution in [0.5, 0.6) is 0 Å². The van der Waals surface area contributed by atoms with Crippen molar-refractivity contribution < 1.29 is 24.2 Å². The number of hydrogen-bond donors (Lipinski definition) is 6. The summed E-state index contributed by atoms with van der Waals surface area (Å²) in [5.74, 6) is -2.00. The second kappa shape index (κ2) is 16.0. The summed E-state index contributed by atoms with van der Waals surface area (Å²) in [4.78, 5) is 53.8. The molecule has 0 aliphatic rings. The van der Waals surface area contributed by atoms with Gasteiger partial charge in [-0.25, -0.2) is 0 Å². The number of hydrogen-bond acceptors (Lipinski definition) is 4. The van der Waals surface area contributed by atoms with E-state index in [4.69, 9.17) is 23.1 Å². The summed E-state index contributed by atoms with van der Waals surface area (Å²) in [5, 5.41) is 8.18. The summed E-state index contributed by atoms with van der Waals surface area (Å²) < 4.78 is 0. The summed E-state index contributed by atoms with van der Waals surface area (Å²) in [6.07, 6.45) is 1.21. The van der Waals surface area contributed by atoms with Crippen molar-refractivity contribution in [3.05, 3.63) is 71.8 Å². The number of rotatable bonds is 15.